The van der Waals surface area contributed by atoms with Crippen LogP contribution in [0.1, 0.15) is 18.4 Å². The number of rotatable bonds is 5. The third-order valence-electron chi connectivity index (χ3n) is 2.98. The number of sulfonamides is 1. The van der Waals surface area contributed by atoms with Crippen molar-refractivity contribution in [2.75, 3.05) is 6.54 Å². The van der Waals surface area contributed by atoms with Gasteiger partial charge in [-0.25, -0.2) is 13.1 Å². The number of benzene rings is 1. The molecule has 1 N–H and O–H groups in total. The minimum Gasteiger partial charge on any atom is -0.210 e. The van der Waals surface area contributed by atoms with E-state index in [9.17, 15) is 8.42 Å². The third kappa shape index (κ3) is 3.21. The number of halogens is 1. The van der Waals surface area contributed by atoms with Crippen molar-refractivity contribution in [3.8, 4) is 0 Å². The van der Waals surface area contributed by atoms with Crippen LogP contribution in [0.5, 0.6) is 0 Å². The van der Waals surface area contributed by atoms with E-state index in [1.54, 1.807) is 25.1 Å². The van der Waals surface area contributed by atoms with E-state index in [2.05, 4.69) is 4.72 Å². The normalized spacial score (nSPS) is 18.0. The Bertz CT molecular complexity index is 497. The van der Waals surface area contributed by atoms with E-state index in [1.165, 1.54) is 0 Å². The molecule has 0 aromatic heterocycles. The molecule has 0 amide bonds. The van der Waals surface area contributed by atoms with Crippen molar-refractivity contribution in [1.82, 2.24) is 4.72 Å². The number of nitrogens with one attached hydrogen (secondary N) is 1. The van der Waals surface area contributed by atoms with E-state index in [0.717, 1.165) is 18.4 Å². The summed E-state index contributed by atoms with van der Waals surface area (Å²) in [5.41, 5.74) is 0.748. The Balaban J connectivity index is 2.05. The SMILES string of the molecule is Cc1ccccc1S(=O)(=O)NCC(Cl)C1CC1. The molecule has 1 fully saturated rings. The van der Waals surface area contributed by atoms with E-state index in [1.807, 2.05) is 6.07 Å². The molecule has 1 atom stereocenters. The molecule has 0 radical (unpaired) electrons. The van der Waals surface area contributed by atoms with Crippen LogP contribution in [-0.2, 0) is 10.0 Å². The van der Waals surface area contributed by atoms with Gasteiger partial charge in [-0.3, -0.25) is 0 Å². The predicted octanol–water partition coefficient (Wildman–Crippen LogP) is 2.29. The zero-order chi connectivity index (χ0) is 12.5. The minimum absolute atomic E-state index is 0.0891. The van der Waals surface area contributed by atoms with Gasteiger partial charge in [-0.1, -0.05) is 18.2 Å². The van der Waals surface area contributed by atoms with Gasteiger partial charge in [0.15, 0.2) is 0 Å². The fourth-order valence-corrected chi connectivity index (χ4v) is 3.47. The lowest BCUT2D eigenvalue weighted by molar-refractivity contribution is 0.575. The average Bonchev–Trinajstić information content (AvgIpc) is 3.10. The lowest BCUT2D eigenvalue weighted by Crippen LogP contribution is -2.31. The van der Waals surface area contributed by atoms with Gasteiger partial charge >= 0.3 is 0 Å². The Labute approximate surface area is 107 Å². The summed E-state index contributed by atoms with van der Waals surface area (Å²) < 4.78 is 26.6. The van der Waals surface area contributed by atoms with Crippen LogP contribution in [0.2, 0.25) is 0 Å². The van der Waals surface area contributed by atoms with Crippen LogP contribution in [0.25, 0.3) is 0 Å². The Morgan fingerprint density at radius 1 is 1.41 bits per heavy atom. The van der Waals surface area contributed by atoms with Crippen molar-refractivity contribution in [3.05, 3.63) is 29.8 Å². The molecule has 0 heterocycles. The molecule has 0 bridgehead atoms. The largest absolute Gasteiger partial charge is 0.240 e. The van der Waals surface area contributed by atoms with Gasteiger partial charge in [-0.2, -0.15) is 0 Å². The molecule has 2 rings (SSSR count). The van der Waals surface area contributed by atoms with Crippen molar-refractivity contribution in [2.45, 2.75) is 30.0 Å². The molecule has 3 nitrogen and oxygen atoms in total. The van der Waals surface area contributed by atoms with Gasteiger partial charge in [0, 0.05) is 11.9 Å². The Morgan fingerprint density at radius 2 is 2.06 bits per heavy atom. The summed E-state index contributed by atoms with van der Waals surface area (Å²) in [4.78, 5) is 0.333. The number of hydrogen-bond donors (Lipinski definition) is 1. The molecule has 0 spiro atoms. The first-order valence-corrected chi connectivity index (χ1v) is 7.62. The van der Waals surface area contributed by atoms with Gasteiger partial charge in [-0.05, 0) is 37.3 Å². The van der Waals surface area contributed by atoms with Gasteiger partial charge in [0.05, 0.1) is 4.90 Å². The smallest absolute Gasteiger partial charge is 0.210 e. The molecular formula is C12H16ClNO2S. The van der Waals surface area contributed by atoms with Gasteiger partial charge < -0.3 is 0 Å². The highest BCUT2D eigenvalue weighted by Crippen LogP contribution is 2.35. The van der Waals surface area contributed by atoms with Crippen LogP contribution in [0.15, 0.2) is 29.2 Å². The highest BCUT2D eigenvalue weighted by atomic mass is 35.5. The van der Waals surface area contributed by atoms with E-state index in [4.69, 9.17) is 11.6 Å². The maximum absolute atomic E-state index is 12.0. The predicted molar refractivity (Wildman–Crippen MR) is 68.7 cm³/mol. The average molecular weight is 274 g/mol. The van der Waals surface area contributed by atoms with E-state index in [0.29, 0.717) is 17.4 Å². The Morgan fingerprint density at radius 3 is 2.65 bits per heavy atom. The first-order valence-electron chi connectivity index (χ1n) is 5.70. The van der Waals surface area contributed by atoms with E-state index in [-0.39, 0.29) is 5.38 Å². The highest BCUT2D eigenvalue weighted by molar-refractivity contribution is 7.89. The summed E-state index contributed by atoms with van der Waals surface area (Å²) in [6.07, 6.45) is 2.22. The molecule has 0 saturated heterocycles. The van der Waals surface area contributed by atoms with Crippen LogP contribution >= 0.6 is 11.6 Å². The monoisotopic (exact) mass is 273 g/mol. The summed E-state index contributed by atoms with van der Waals surface area (Å²) in [5.74, 6) is 0.483. The summed E-state index contributed by atoms with van der Waals surface area (Å²) in [5, 5.41) is -0.0891. The lowest BCUT2D eigenvalue weighted by atomic mass is 10.2. The summed E-state index contributed by atoms with van der Waals surface area (Å²) in [6, 6.07) is 6.94. The zero-order valence-electron chi connectivity index (χ0n) is 9.69. The van der Waals surface area contributed by atoms with Crippen LogP contribution < -0.4 is 4.72 Å². The van der Waals surface area contributed by atoms with Gasteiger partial charge in [0.1, 0.15) is 0 Å². The maximum atomic E-state index is 12.0. The fraction of sp³-hybridized carbons (Fsp3) is 0.500. The summed E-state index contributed by atoms with van der Waals surface area (Å²) in [6.45, 7) is 2.09. The standard InChI is InChI=1S/C12H16ClNO2S/c1-9-4-2-3-5-12(9)17(15,16)14-8-11(13)10-6-7-10/h2-5,10-11,14H,6-8H2,1H3. The first-order chi connectivity index (χ1) is 8.00. The molecular weight excluding hydrogens is 258 g/mol. The van der Waals surface area contributed by atoms with Crippen molar-refractivity contribution in [2.24, 2.45) is 5.92 Å². The second kappa shape index (κ2) is 4.96. The molecule has 1 aliphatic rings. The number of hydrogen-bond acceptors (Lipinski definition) is 2. The van der Waals surface area contributed by atoms with Crippen LogP contribution in [0, 0.1) is 12.8 Å². The molecule has 1 aliphatic carbocycles. The molecule has 1 unspecified atom stereocenters. The van der Waals surface area contributed by atoms with E-state index < -0.39 is 10.0 Å². The summed E-state index contributed by atoms with van der Waals surface area (Å²) >= 11 is 6.08. The quantitative estimate of drug-likeness (QED) is 0.837. The molecule has 1 saturated carbocycles. The zero-order valence-corrected chi connectivity index (χ0v) is 11.3. The van der Waals surface area contributed by atoms with E-state index >= 15 is 0 Å². The van der Waals surface area contributed by atoms with Crippen molar-refractivity contribution in [3.63, 3.8) is 0 Å². The summed E-state index contributed by atoms with van der Waals surface area (Å²) in [7, 11) is -3.43. The Hall–Kier alpha value is -0.580. The van der Waals surface area contributed by atoms with Gasteiger partial charge in [0.25, 0.3) is 0 Å². The number of aryl methyl sites for hydroxylation is 1. The van der Waals surface area contributed by atoms with Crippen LogP contribution in [0.4, 0.5) is 0 Å². The fourth-order valence-electron chi connectivity index (χ4n) is 1.75. The highest BCUT2D eigenvalue weighted by Gasteiger charge is 2.30. The third-order valence-corrected chi connectivity index (χ3v) is 5.08. The molecule has 5 heteroatoms. The van der Waals surface area contributed by atoms with Crippen molar-refractivity contribution >= 4 is 21.6 Å². The second-order valence-electron chi connectivity index (χ2n) is 4.47. The van der Waals surface area contributed by atoms with Crippen LogP contribution in [-0.4, -0.2) is 20.3 Å². The lowest BCUT2D eigenvalue weighted by Gasteiger charge is -2.11. The first kappa shape index (κ1) is 12.9. The molecule has 1 aromatic rings. The van der Waals surface area contributed by atoms with Gasteiger partial charge in [0.2, 0.25) is 10.0 Å². The van der Waals surface area contributed by atoms with Crippen molar-refractivity contribution < 1.29 is 8.42 Å². The topological polar surface area (TPSA) is 46.2 Å². The Kier molecular flexibility index (Phi) is 3.76. The van der Waals surface area contributed by atoms with Gasteiger partial charge in [-0.15, -0.1) is 11.6 Å². The maximum Gasteiger partial charge on any atom is 0.240 e. The minimum atomic E-state index is -3.43. The number of alkyl halides is 1. The molecule has 17 heavy (non-hydrogen) atoms. The molecule has 1 aromatic carbocycles. The van der Waals surface area contributed by atoms with Crippen LogP contribution in [0.3, 0.4) is 0 Å². The molecule has 94 valence electrons. The van der Waals surface area contributed by atoms with Crippen molar-refractivity contribution in [1.29, 1.82) is 0 Å². The molecule has 0 aliphatic heterocycles. The second-order valence-corrected chi connectivity index (χ2v) is 6.77.